The molecule has 50 heavy (non-hydrogen) atoms. The number of fused-ring (bicyclic) bond motifs is 2. The normalized spacial score (nSPS) is 14.4. The van der Waals surface area contributed by atoms with Gasteiger partial charge in [-0.25, -0.2) is 9.78 Å². The Morgan fingerprint density at radius 1 is 0.940 bits per heavy atom. The van der Waals surface area contributed by atoms with E-state index in [1.54, 1.807) is 48.6 Å². The molecule has 1 amide bonds. The number of allylic oxidation sites excluding steroid dienone is 1. The highest BCUT2D eigenvalue weighted by Gasteiger charge is 2.31. The molecule has 13 heteroatoms. The van der Waals surface area contributed by atoms with Crippen LogP contribution in [0.1, 0.15) is 56.8 Å². The van der Waals surface area contributed by atoms with Crippen molar-refractivity contribution in [2.45, 2.75) is 33.1 Å². The van der Waals surface area contributed by atoms with Gasteiger partial charge < -0.3 is 35.1 Å². The van der Waals surface area contributed by atoms with Crippen molar-refractivity contribution < 1.29 is 43.2 Å². The molecule has 4 N–H and O–H groups in total. The van der Waals surface area contributed by atoms with Crippen LogP contribution in [0.25, 0.3) is 5.57 Å². The minimum Gasteiger partial charge on any atom is -0.478 e. The van der Waals surface area contributed by atoms with Crippen molar-refractivity contribution >= 4 is 35.2 Å². The molecule has 2 heterocycles. The molecular formula is C37H30N4O9. The van der Waals surface area contributed by atoms with Crippen LogP contribution in [0.3, 0.4) is 0 Å². The number of anilines is 1. The van der Waals surface area contributed by atoms with Crippen LogP contribution in [0.15, 0.2) is 102 Å². The number of carboxylic acids is 1. The van der Waals surface area contributed by atoms with Crippen LogP contribution in [-0.4, -0.2) is 45.0 Å². The lowest BCUT2D eigenvalue weighted by Gasteiger charge is -2.29. The van der Waals surface area contributed by atoms with Crippen molar-refractivity contribution in [2.75, 3.05) is 5.73 Å². The lowest BCUT2D eigenvalue weighted by Crippen LogP contribution is -2.23. The third kappa shape index (κ3) is 7.52. The molecule has 6 rings (SSSR count). The molecule has 4 aromatic rings. The van der Waals surface area contributed by atoms with Crippen LogP contribution in [-0.2, 0) is 27.5 Å². The number of carbonyl (C=O) groups excluding carboxylic acids is 3. The highest BCUT2D eigenvalue weighted by Crippen LogP contribution is 2.45. The molecule has 1 atom stereocenters. The fourth-order valence-electron chi connectivity index (χ4n) is 5.39. The molecule has 0 spiro atoms. The third-order valence-electron chi connectivity index (χ3n) is 7.59. The number of aromatic carboxylic acids is 1. The summed E-state index contributed by atoms with van der Waals surface area (Å²) in [6.07, 6.45) is 5.72. The van der Waals surface area contributed by atoms with Crippen molar-refractivity contribution in [3.05, 3.63) is 136 Å². The Kier molecular flexibility index (Phi) is 9.39. The van der Waals surface area contributed by atoms with Crippen LogP contribution in [0.4, 0.5) is 5.82 Å². The molecule has 13 nitrogen and oxygen atoms in total. The van der Waals surface area contributed by atoms with Gasteiger partial charge in [0.1, 0.15) is 35.8 Å². The number of ether oxygens (including phenoxy) is 4. The van der Waals surface area contributed by atoms with Gasteiger partial charge in [-0.1, -0.05) is 36.4 Å². The monoisotopic (exact) mass is 674 g/mol. The average molecular weight is 675 g/mol. The van der Waals surface area contributed by atoms with E-state index in [2.05, 4.69) is 15.3 Å². The van der Waals surface area contributed by atoms with Crippen LogP contribution in [0.5, 0.6) is 17.5 Å². The zero-order chi connectivity index (χ0) is 35.4. The van der Waals surface area contributed by atoms with Gasteiger partial charge in [-0.05, 0) is 53.1 Å². The van der Waals surface area contributed by atoms with Gasteiger partial charge in [-0.3, -0.25) is 14.4 Å². The zero-order valence-corrected chi connectivity index (χ0v) is 26.8. The first kappa shape index (κ1) is 33.2. The minimum absolute atomic E-state index is 0.125. The SMILES string of the molecule is CC(=O)Oc1ccc2c(c1)OC1=CC(OC(C)=O)C=CC1=C2c1ccc(C(=O)NCc2ccc(COc3nccc(N)n3)cc2)cc1C(=O)O. The Morgan fingerprint density at radius 3 is 2.42 bits per heavy atom. The molecule has 0 saturated carbocycles. The standard InChI is InChI=1S/C37H30N4O9/c1-20(42)48-25-8-11-28-31(16-25)50-32-17-26(49-21(2)43)9-12-29(32)34(28)27-10-7-24(15-30(27)36(45)46)35(44)40-18-22-3-5-23(6-4-22)19-47-37-39-14-13-33(38)41-37/h3-17,25H,18-19H2,1-2H3,(H,40,44)(H,45,46)(H2,38,39,41). The Morgan fingerprint density at radius 2 is 1.70 bits per heavy atom. The molecule has 3 aromatic carbocycles. The molecule has 0 bridgehead atoms. The third-order valence-corrected chi connectivity index (χ3v) is 7.59. The number of nitrogens with zero attached hydrogens (tertiary/aromatic N) is 2. The smallest absolute Gasteiger partial charge is 0.336 e. The van der Waals surface area contributed by atoms with E-state index in [0.717, 1.165) is 11.1 Å². The first-order chi connectivity index (χ1) is 24.0. The number of nitrogens with one attached hydrogen (secondary N) is 1. The maximum absolute atomic E-state index is 13.2. The quantitative estimate of drug-likeness (QED) is 0.155. The number of nitrogen functional groups attached to an aromatic ring is 1. The van der Waals surface area contributed by atoms with Crippen molar-refractivity contribution in [2.24, 2.45) is 0 Å². The lowest BCUT2D eigenvalue weighted by molar-refractivity contribution is -0.142. The Hall–Kier alpha value is -6.76. The fourth-order valence-corrected chi connectivity index (χ4v) is 5.39. The molecule has 1 aromatic heterocycles. The summed E-state index contributed by atoms with van der Waals surface area (Å²) >= 11 is 0. The van der Waals surface area contributed by atoms with Crippen molar-refractivity contribution in [1.82, 2.24) is 15.3 Å². The number of benzene rings is 3. The Balaban J connectivity index is 1.24. The van der Waals surface area contributed by atoms with Gasteiger partial charge >= 0.3 is 23.9 Å². The number of carbonyl (C=O) groups is 4. The highest BCUT2D eigenvalue weighted by molar-refractivity contribution is 6.03. The van der Waals surface area contributed by atoms with Gasteiger partial charge in [-0.2, -0.15) is 4.98 Å². The van der Waals surface area contributed by atoms with E-state index in [4.69, 9.17) is 24.7 Å². The van der Waals surface area contributed by atoms with Gasteiger partial charge in [-0.15, -0.1) is 0 Å². The van der Waals surface area contributed by atoms with Crippen LogP contribution >= 0.6 is 0 Å². The van der Waals surface area contributed by atoms with E-state index in [9.17, 15) is 24.3 Å². The van der Waals surface area contributed by atoms with Gasteiger partial charge in [0.05, 0.1) is 5.56 Å². The zero-order valence-electron chi connectivity index (χ0n) is 26.8. The second kappa shape index (κ2) is 14.2. The summed E-state index contributed by atoms with van der Waals surface area (Å²) in [6.45, 7) is 2.97. The molecule has 1 aliphatic carbocycles. The van der Waals surface area contributed by atoms with E-state index in [1.807, 2.05) is 24.3 Å². The largest absolute Gasteiger partial charge is 0.478 e. The van der Waals surface area contributed by atoms with E-state index in [-0.39, 0.29) is 36.0 Å². The highest BCUT2D eigenvalue weighted by atomic mass is 16.5. The van der Waals surface area contributed by atoms with Gasteiger partial charge in [0.25, 0.3) is 5.91 Å². The number of hydrogen-bond donors (Lipinski definition) is 3. The van der Waals surface area contributed by atoms with Crippen molar-refractivity contribution in [1.29, 1.82) is 0 Å². The maximum Gasteiger partial charge on any atom is 0.336 e. The second-order valence-corrected chi connectivity index (χ2v) is 11.2. The molecule has 0 fully saturated rings. The van der Waals surface area contributed by atoms with Gasteiger partial charge in [0.15, 0.2) is 0 Å². The van der Waals surface area contributed by atoms with Crippen LogP contribution in [0, 0.1) is 0 Å². The van der Waals surface area contributed by atoms with Gasteiger partial charge in [0, 0.05) is 61.0 Å². The molecule has 252 valence electrons. The van der Waals surface area contributed by atoms with E-state index in [1.165, 1.54) is 32.2 Å². The van der Waals surface area contributed by atoms with Crippen LogP contribution in [0.2, 0.25) is 0 Å². The number of carboxylic acid groups (broad SMARTS) is 1. The average Bonchev–Trinajstić information content (AvgIpc) is 3.08. The predicted molar refractivity (Wildman–Crippen MR) is 179 cm³/mol. The molecule has 0 radical (unpaired) electrons. The maximum atomic E-state index is 13.2. The number of amides is 1. The van der Waals surface area contributed by atoms with E-state index >= 15 is 0 Å². The Bertz CT molecular complexity index is 2120. The predicted octanol–water partition coefficient (Wildman–Crippen LogP) is 4.77. The molecule has 0 saturated heterocycles. The molecule has 2 aliphatic rings. The van der Waals surface area contributed by atoms with Crippen molar-refractivity contribution in [3.8, 4) is 17.5 Å². The molecular weight excluding hydrogens is 644 g/mol. The summed E-state index contributed by atoms with van der Waals surface area (Å²) in [6, 6.07) is 18.3. The van der Waals surface area contributed by atoms with E-state index < -0.39 is 29.9 Å². The summed E-state index contributed by atoms with van der Waals surface area (Å²) in [5.74, 6) is -1.61. The molecule has 1 unspecified atom stereocenters. The number of rotatable bonds is 10. The number of esters is 2. The minimum atomic E-state index is -1.25. The number of aromatic nitrogens is 2. The fraction of sp³-hybridized carbons (Fsp3) is 0.135. The summed E-state index contributed by atoms with van der Waals surface area (Å²) < 4.78 is 22.3. The van der Waals surface area contributed by atoms with Crippen LogP contribution < -0.4 is 25.3 Å². The lowest BCUT2D eigenvalue weighted by atomic mass is 9.84. The van der Waals surface area contributed by atoms with E-state index in [0.29, 0.717) is 39.6 Å². The summed E-state index contributed by atoms with van der Waals surface area (Å²) in [4.78, 5) is 57.2. The summed E-state index contributed by atoms with van der Waals surface area (Å²) in [5.41, 5.74) is 9.22. The summed E-state index contributed by atoms with van der Waals surface area (Å²) in [7, 11) is 0. The summed E-state index contributed by atoms with van der Waals surface area (Å²) in [5, 5.41) is 13.2. The first-order valence-electron chi connectivity index (χ1n) is 15.3. The Labute approximate surface area is 285 Å². The number of hydrogen-bond acceptors (Lipinski definition) is 11. The van der Waals surface area contributed by atoms with Gasteiger partial charge in [0.2, 0.25) is 0 Å². The number of nitrogens with two attached hydrogens (primary N) is 1. The second-order valence-electron chi connectivity index (χ2n) is 11.2. The first-order valence-corrected chi connectivity index (χ1v) is 15.3. The van der Waals surface area contributed by atoms with Crippen molar-refractivity contribution in [3.63, 3.8) is 0 Å². The molecule has 1 aliphatic heterocycles. The topological polar surface area (TPSA) is 189 Å².